The number of thiol groups is 1. The van der Waals surface area contributed by atoms with Crippen LogP contribution < -0.4 is 42.0 Å². The van der Waals surface area contributed by atoms with E-state index in [2.05, 4.69) is 49.8 Å². The summed E-state index contributed by atoms with van der Waals surface area (Å²) in [6.45, 7) is 8.95. The topological polar surface area (TPSA) is 293 Å². The molecule has 0 bridgehead atoms. The number of amides is 7. The Balaban J connectivity index is 1.17. The highest BCUT2D eigenvalue weighted by Crippen LogP contribution is 2.39. The number of carboxylic acids is 1. The minimum atomic E-state index is -1.88. The maximum absolute atomic E-state index is 15.5. The molecule has 8 aromatic carbocycles. The summed E-state index contributed by atoms with van der Waals surface area (Å²) >= 11 is 4.16. The minimum Gasteiger partial charge on any atom is -0.488 e. The summed E-state index contributed by atoms with van der Waals surface area (Å²) in [6, 6.07) is 55.5. The standard InChI is InChI=1S/C76H79FN8O12S/c1-6-49(2)67(82-71(91)61(45-50-37-40-58(41-38-50)97-74(3,4)5)79-68(88)51-39-42-59(77)64(46-51)85(95)96)72(92)78-60(43-44-65(86)83-75(52-25-13-7-14-26-52,53-27-15-8-16-28-53)54-29-17-9-18-30-54)69(89)80-62(70(90)81-63(48-98)73(93)94)47-66(87)84-76(55-31-19-10-20-32-55,56-33-21-11-22-34-56)57-35-23-12-24-36-57/h7-42,46,49,60-63,67,98H,6,43-45,47-48H2,1-5H3,(H,78,92)(H,79,88)(H,80,89)(H,81,90)(H,82,91)(H,83,86)(H,84,87)(H,93,94)/t49-,60-,61-,62-,63-,67-/m0/s1. The van der Waals surface area contributed by atoms with E-state index in [4.69, 9.17) is 4.74 Å². The second-order valence-corrected chi connectivity index (χ2v) is 25.0. The third-order valence-corrected chi connectivity index (χ3v) is 17.0. The maximum Gasteiger partial charge on any atom is 0.327 e. The van der Waals surface area contributed by atoms with E-state index in [1.54, 1.807) is 74.5 Å². The number of hydrogen-bond acceptors (Lipinski definition) is 12. The molecule has 0 aliphatic heterocycles. The van der Waals surface area contributed by atoms with Gasteiger partial charge in [0, 0.05) is 30.2 Å². The van der Waals surface area contributed by atoms with Gasteiger partial charge in [-0.25, -0.2) is 4.79 Å². The second kappa shape index (κ2) is 33.6. The second-order valence-electron chi connectivity index (χ2n) is 24.6. The van der Waals surface area contributed by atoms with E-state index in [1.807, 2.05) is 166 Å². The van der Waals surface area contributed by atoms with Crippen molar-refractivity contribution in [1.29, 1.82) is 0 Å². The van der Waals surface area contributed by atoms with E-state index >= 15 is 19.2 Å². The normalized spacial score (nSPS) is 13.3. The van der Waals surface area contributed by atoms with Crippen molar-refractivity contribution in [2.24, 2.45) is 5.92 Å². The van der Waals surface area contributed by atoms with Gasteiger partial charge in [-0.15, -0.1) is 0 Å². The lowest BCUT2D eigenvalue weighted by Gasteiger charge is -2.37. The minimum absolute atomic E-state index is 0.224. The molecule has 6 atom stereocenters. The molecule has 508 valence electrons. The zero-order valence-corrected chi connectivity index (χ0v) is 55.7. The Kier molecular flexibility index (Phi) is 25.0. The van der Waals surface area contributed by atoms with Crippen LogP contribution in [0.15, 0.2) is 224 Å². The summed E-state index contributed by atoms with van der Waals surface area (Å²) in [5, 5.41) is 41.5. The number of nitrogens with one attached hydrogen (secondary N) is 7. The van der Waals surface area contributed by atoms with Gasteiger partial charge in [0.25, 0.3) is 5.91 Å². The molecule has 0 aromatic heterocycles. The molecule has 98 heavy (non-hydrogen) atoms. The summed E-state index contributed by atoms with van der Waals surface area (Å²) in [7, 11) is 0. The van der Waals surface area contributed by atoms with Crippen LogP contribution in [0.1, 0.15) is 110 Å². The van der Waals surface area contributed by atoms with E-state index in [0.29, 0.717) is 44.7 Å². The van der Waals surface area contributed by atoms with Crippen molar-refractivity contribution >= 4 is 65.6 Å². The smallest absolute Gasteiger partial charge is 0.327 e. The number of nitro benzene ring substituents is 1. The number of nitrogens with zero attached hydrogens (tertiary/aromatic N) is 1. The molecule has 0 fully saturated rings. The maximum atomic E-state index is 15.5. The number of hydrogen-bond donors (Lipinski definition) is 9. The number of carbonyl (C=O) groups is 8. The van der Waals surface area contributed by atoms with Crippen LogP contribution in [0.5, 0.6) is 5.75 Å². The first-order chi connectivity index (χ1) is 47.0. The summed E-state index contributed by atoms with van der Waals surface area (Å²) in [5.41, 5.74) is -0.334. The number of rotatable bonds is 31. The molecule has 8 N–H and O–H groups in total. The Morgan fingerprint density at radius 3 is 1.35 bits per heavy atom. The molecule has 20 nitrogen and oxygen atoms in total. The first-order valence-electron chi connectivity index (χ1n) is 32.0. The molecule has 0 spiro atoms. The van der Waals surface area contributed by atoms with Crippen LogP contribution in [-0.4, -0.2) is 98.9 Å². The van der Waals surface area contributed by atoms with Crippen molar-refractivity contribution in [3.8, 4) is 5.75 Å². The van der Waals surface area contributed by atoms with Gasteiger partial charge in [-0.05, 0) is 96.3 Å². The van der Waals surface area contributed by atoms with Crippen LogP contribution >= 0.6 is 12.6 Å². The fourth-order valence-corrected chi connectivity index (χ4v) is 11.8. The van der Waals surface area contributed by atoms with Crippen LogP contribution in [-0.2, 0) is 51.1 Å². The molecular weight excluding hydrogens is 1270 g/mol. The molecular formula is C76H79FN8O12S. The molecule has 0 radical (unpaired) electrons. The van der Waals surface area contributed by atoms with Crippen LogP contribution in [0.2, 0.25) is 0 Å². The van der Waals surface area contributed by atoms with E-state index in [1.165, 1.54) is 0 Å². The van der Waals surface area contributed by atoms with Crippen molar-refractivity contribution in [2.75, 3.05) is 5.75 Å². The van der Waals surface area contributed by atoms with E-state index in [9.17, 15) is 38.8 Å². The monoisotopic (exact) mass is 1350 g/mol. The SMILES string of the molecule is CC[C@H](C)[C@H](NC(=O)[C@H](Cc1ccc(OC(C)(C)C)cc1)NC(=O)c1ccc(F)c([N+](=O)[O-])c1)C(=O)N[C@@H](CCC(=O)NC(c1ccccc1)(c1ccccc1)c1ccccc1)C(=O)N[C@@H](CC(=O)NC(c1ccccc1)(c1ccccc1)c1ccccc1)C(=O)N[C@@H](CS)C(=O)O. The number of carbonyl (C=O) groups excluding carboxylic acids is 7. The first-order valence-corrected chi connectivity index (χ1v) is 32.6. The Morgan fingerprint density at radius 2 is 0.939 bits per heavy atom. The van der Waals surface area contributed by atoms with Crippen LogP contribution in [0.4, 0.5) is 10.1 Å². The highest BCUT2D eigenvalue weighted by molar-refractivity contribution is 7.80. The zero-order chi connectivity index (χ0) is 70.6. The van der Waals surface area contributed by atoms with Gasteiger partial charge >= 0.3 is 11.7 Å². The van der Waals surface area contributed by atoms with Crippen molar-refractivity contribution in [2.45, 2.75) is 114 Å². The van der Waals surface area contributed by atoms with E-state index in [0.717, 1.165) is 18.2 Å². The Hall–Kier alpha value is -11.0. The van der Waals surface area contributed by atoms with Gasteiger partial charge in [-0.1, -0.05) is 214 Å². The molecule has 0 aliphatic rings. The van der Waals surface area contributed by atoms with Gasteiger partial charge in [0.05, 0.1) is 11.3 Å². The van der Waals surface area contributed by atoms with E-state index in [-0.39, 0.29) is 18.4 Å². The molecule has 0 saturated heterocycles. The Bertz CT molecular complexity index is 3870. The number of ether oxygens (including phenoxy) is 1. The highest BCUT2D eigenvalue weighted by atomic mass is 32.1. The summed E-state index contributed by atoms with van der Waals surface area (Å²) in [5.74, 6) is -9.88. The summed E-state index contributed by atoms with van der Waals surface area (Å²) < 4.78 is 20.6. The number of halogens is 1. The van der Waals surface area contributed by atoms with Gasteiger partial charge in [-0.2, -0.15) is 17.0 Å². The lowest BCUT2D eigenvalue weighted by molar-refractivity contribution is -0.387. The molecule has 8 rings (SSSR count). The van der Waals surface area contributed by atoms with Crippen molar-refractivity contribution in [3.63, 3.8) is 0 Å². The molecule has 8 aromatic rings. The zero-order valence-electron chi connectivity index (χ0n) is 54.8. The number of carboxylic acid groups (broad SMARTS) is 1. The number of benzene rings is 8. The summed E-state index contributed by atoms with van der Waals surface area (Å²) in [6.07, 6.45) is -1.81. The molecule has 7 amide bonds. The van der Waals surface area contributed by atoms with Crippen LogP contribution in [0, 0.1) is 21.8 Å². The van der Waals surface area contributed by atoms with Gasteiger partial charge in [0.2, 0.25) is 41.3 Å². The molecule has 0 saturated carbocycles. The predicted octanol–water partition coefficient (Wildman–Crippen LogP) is 9.64. The van der Waals surface area contributed by atoms with Gasteiger partial charge < -0.3 is 47.1 Å². The lowest BCUT2D eigenvalue weighted by atomic mass is 9.77. The van der Waals surface area contributed by atoms with E-state index < -0.39 is 142 Å². The Labute approximate surface area is 573 Å². The lowest BCUT2D eigenvalue weighted by Crippen LogP contribution is -2.61. The quantitative estimate of drug-likeness (QED) is 0.00849. The van der Waals surface area contributed by atoms with Crippen molar-refractivity contribution < 1.29 is 57.5 Å². The summed E-state index contributed by atoms with van der Waals surface area (Å²) in [4.78, 5) is 128. The number of aliphatic carboxylic acids is 1. The van der Waals surface area contributed by atoms with Crippen molar-refractivity contribution in [1.82, 2.24) is 37.2 Å². The fraction of sp³-hybridized carbons (Fsp3) is 0.263. The average Bonchev–Trinajstić information content (AvgIpc) is 0.761. The van der Waals surface area contributed by atoms with Gasteiger partial charge in [0.1, 0.15) is 52.6 Å². The molecule has 0 aliphatic carbocycles. The molecule has 0 heterocycles. The highest BCUT2D eigenvalue weighted by Gasteiger charge is 2.42. The third kappa shape index (κ3) is 18.5. The largest absolute Gasteiger partial charge is 0.488 e. The van der Waals surface area contributed by atoms with Crippen LogP contribution in [0.3, 0.4) is 0 Å². The fourth-order valence-electron chi connectivity index (χ4n) is 11.5. The van der Waals surface area contributed by atoms with Gasteiger partial charge in [-0.3, -0.25) is 43.7 Å². The Morgan fingerprint density at radius 1 is 0.531 bits per heavy atom. The average molecular weight is 1350 g/mol. The van der Waals surface area contributed by atoms with Crippen LogP contribution in [0.25, 0.3) is 0 Å². The van der Waals surface area contributed by atoms with Gasteiger partial charge in [0.15, 0.2) is 0 Å². The molecule has 0 unspecified atom stereocenters. The number of nitro groups is 1. The molecule has 22 heteroatoms. The predicted molar refractivity (Wildman–Crippen MR) is 372 cm³/mol. The third-order valence-electron chi connectivity index (χ3n) is 16.6. The van der Waals surface area contributed by atoms with Crippen molar-refractivity contribution in [3.05, 3.63) is 285 Å². The first kappa shape index (κ1) is 72.8.